The molecule has 1 amide bonds. The number of benzene rings is 1. The minimum absolute atomic E-state index is 0. The van der Waals surface area contributed by atoms with Gasteiger partial charge in [-0.25, -0.2) is 0 Å². The lowest BCUT2D eigenvalue weighted by Crippen LogP contribution is -2.42. The summed E-state index contributed by atoms with van der Waals surface area (Å²) in [5, 5.41) is 3.24. The number of amides is 1. The van der Waals surface area contributed by atoms with E-state index in [0.717, 1.165) is 38.1 Å². The van der Waals surface area contributed by atoms with Gasteiger partial charge in [-0.2, -0.15) is 13.2 Å². The molecule has 1 fully saturated rings. The number of hydrogen-bond acceptors (Lipinski definition) is 2. The molecule has 1 N–H and O–H groups in total. The van der Waals surface area contributed by atoms with E-state index >= 15 is 0 Å². The maximum atomic E-state index is 12.5. The van der Waals surface area contributed by atoms with Crippen molar-refractivity contribution in [2.24, 2.45) is 0 Å². The van der Waals surface area contributed by atoms with Crippen LogP contribution in [0.4, 0.5) is 13.2 Å². The molecule has 1 aromatic rings. The molecule has 1 aliphatic rings. The molecule has 0 aliphatic carbocycles. The molecule has 0 saturated carbocycles. The molecule has 1 unspecified atom stereocenters. The maximum Gasteiger partial charge on any atom is 0.416 e. The number of carbonyl (C=O) groups excluding carboxylic acids is 1. The number of hydrogen-bond donors (Lipinski definition) is 1. The van der Waals surface area contributed by atoms with Crippen LogP contribution in [-0.2, 0) is 17.4 Å². The number of rotatable bonds is 5. The molecule has 0 spiro atoms. The predicted octanol–water partition coefficient (Wildman–Crippen LogP) is 3.27. The Labute approximate surface area is 140 Å². The van der Waals surface area contributed by atoms with E-state index in [2.05, 4.69) is 5.32 Å². The molecule has 1 atom stereocenters. The third-order valence-electron chi connectivity index (χ3n) is 3.90. The van der Waals surface area contributed by atoms with Gasteiger partial charge in [0.2, 0.25) is 5.91 Å². The lowest BCUT2D eigenvalue weighted by Gasteiger charge is -2.28. The van der Waals surface area contributed by atoms with Gasteiger partial charge in [-0.15, -0.1) is 12.4 Å². The van der Waals surface area contributed by atoms with E-state index in [1.54, 1.807) is 0 Å². The summed E-state index contributed by atoms with van der Waals surface area (Å²) in [5.74, 6) is -0.0182. The van der Waals surface area contributed by atoms with Crippen molar-refractivity contribution in [3.05, 3.63) is 35.4 Å². The average Bonchev–Trinajstić information content (AvgIpc) is 2.98. The Morgan fingerprint density at radius 2 is 1.96 bits per heavy atom. The van der Waals surface area contributed by atoms with Crippen molar-refractivity contribution >= 4 is 18.3 Å². The van der Waals surface area contributed by atoms with E-state index in [9.17, 15) is 18.0 Å². The van der Waals surface area contributed by atoms with Crippen LogP contribution in [0.25, 0.3) is 0 Å². The first-order valence-corrected chi connectivity index (χ1v) is 7.58. The highest BCUT2D eigenvalue weighted by Crippen LogP contribution is 2.29. The van der Waals surface area contributed by atoms with E-state index in [1.165, 1.54) is 12.1 Å². The number of halogens is 4. The highest BCUT2D eigenvalue weighted by Gasteiger charge is 2.30. The van der Waals surface area contributed by atoms with Crippen LogP contribution in [0.2, 0.25) is 0 Å². The van der Waals surface area contributed by atoms with Gasteiger partial charge in [0.15, 0.2) is 0 Å². The Morgan fingerprint density at radius 3 is 2.43 bits per heavy atom. The van der Waals surface area contributed by atoms with Gasteiger partial charge in [-0.3, -0.25) is 4.79 Å². The Hall–Kier alpha value is -1.27. The number of alkyl halides is 3. The summed E-state index contributed by atoms with van der Waals surface area (Å²) >= 11 is 0. The van der Waals surface area contributed by atoms with Gasteiger partial charge in [0, 0.05) is 19.1 Å². The third kappa shape index (κ3) is 5.39. The van der Waals surface area contributed by atoms with Crippen LogP contribution in [0.15, 0.2) is 24.3 Å². The lowest BCUT2D eigenvalue weighted by molar-refractivity contribution is -0.137. The fraction of sp³-hybridized carbons (Fsp3) is 0.562. The highest BCUT2D eigenvalue weighted by atomic mass is 35.5. The monoisotopic (exact) mass is 350 g/mol. The van der Waals surface area contributed by atoms with Crippen LogP contribution in [0.3, 0.4) is 0 Å². The van der Waals surface area contributed by atoms with E-state index in [1.807, 2.05) is 11.8 Å². The minimum atomic E-state index is -4.34. The van der Waals surface area contributed by atoms with Crippen LogP contribution in [0.1, 0.15) is 30.9 Å². The van der Waals surface area contributed by atoms with Gasteiger partial charge in [0.05, 0.1) is 12.0 Å². The molecular formula is C16H22ClF3N2O. The van der Waals surface area contributed by atoms with Crippen molar-refractivity contribution in [2.45, 2.75) is 38.4 Å². The molecule has 2 rings (SSSR count). The van der Waals surface area contributed by atoms with Gasteiger partial charge in [-0.1, -0.05) is 19.1 Å². The second-order valence-corrected chi connectivity index (χ2v) is 5.61. The molecule has 3 nitrogen and oxygen atoms in total. The largest absolute Gasteiger partial charge is 0.416 e. The summed E-state index contributed by atoms with van der Waals surface area (Å²) in [6.45, 7) is 4.39. The highest BCUT2D eigenvalue weighted by molar-refractivity contribution is 5.85. The van der Waals surface area contributed by atoms with Crippen LogP contribution in [0, 0.1) is 0 Å². The SMILES string of the molecule is CCCN(C(=O)Cc1ccc(C(F)(F)F)cc1)C1CCNC1.Cl. The standard InChI is InChI=1S/C16H21F3N2O.ClH/c1-2-9-21(14-7-8-20-11-14)15(22)10-12-3-5-13(6-4-12)16(17,18)19;/h3-6,14,20H,2,7-11H2,1H3;1H. The molecule has 1 heterocycles. The normalized spacial score (nSPS) is 17.7. The fourth-order valence-corrected chi connectivity index (χ4v) is 2.74. The van der Waals surface area contributed by atoms with Crippen molar-refractivity contribution in [3.8, 4) is 0 Å². The molecule has 1 aromatic carbocycles. The second kappa shape index (κ2) is 8.55. The van der Waals surface area contributed by atoms with Crippen LogP contribution in [0.5, 0.6) is 0 Å². The zero-order valence-electron chi connectivity index (χ0n) is 13.0. The Morgan fingerprint density at radius 1 is 1.30 bits per heavy atom. The Kier molecular flexibility index (Phi) is 7.35. The molecule has 1 saturated heterocycles. The first-order chi connectivity index (χ1) is 10.4. The van der Waals surface area contributed by atoms with Crippen molar-refractivity contribution < 1.29 is 18.0 Å². The first kappa shape index (κ1) is 19.8. The Balaban J connectivity index is 0.00000264. The summed E-state index contributed by atoms with van der Waals surface area (Å²) in [6, 6.07) is 5.03. The molecule has 23 heavy (non-hydrogen) atoms. The van der Waals surface area contributed by atoms with Gasteiger partial charge in [0.1, 0.15) is 0 Å². The molecule has 130 valence electrons. The molecule has 7 heteroatoms. The van der Waals surface area contributed by atoms with Gasteiger partial charge in [0.25, 0.3) is 0 Å². The third-order valence-corrected chi connectivity index (χ3v) is 3.90. The summed E-state index contributed by atoms with van der Waals surface area (Å²) in [5.41, 5.74) is -0.0702. The van der Waals surface area contributed by atoms with Crippen LogP contribution < -0.4 is 5.32 Å². The number of nitrogens with one attached hydrogen (secondary N) is 1. The maximum absolute atomic E-state index is 12.5. The predicted molar refractivity (Wildman–Crippen MR) is 85.7 cm³/mol. The summed E-state index contributed by atoms with van der Waals surface area (Å²) in [6.07, 6.45) is -2.39. The average molecular weight is 351 g/mol. The van der Waals surface area contributed by atoms with Crippen molar-refractivity contribution in [1.82, 2.24) is 10.2 Å². The van der Waals surface area contributed by atoms with Gasteiger partial charge >= 0.3 is 6.18 Å². The smallest absolute Gasteiger partial charge is 0.338 e. The Bertz CT molecular complexity index is 499. The van der Waals surface area contributed by atoms with E-state index in [0.29, 0.717) is 12.1 Å². The molecule has 0 aromatic heterocycles. The van der Waals surface area contributed by atoms with Crippen molar-refractivity contribution in [1.29, 1.82) is 0 Å². The topological polar surface area (TPSA) is 32.3 Å². The zero-order chi connectivity index (χ0) is 16.2. The van der Waals surface area contributed by atoms with E-state index < -0.39 is 11.7 Å². The number of carbonyl (C=O) groups is 1. The number of nitrogens with zero attached hydrogens (tertiary/aromatic N) is 1. The summed E-state index contributed by atoms with van der Waals surface area (Å²) in [4.78, 5) is 14.3. The lowest BCUT2D eigenvalue weighted by atomic mass is 10.1. The van der Waals surface area contributed by atoms with Gasteiger partial charge < -0.3 is 10.2 Å². The van der Waals surface area contributed by atoms with Crippen LogP contribution in [-0.4, -0.2) is 36.5 Å². The summed E-state index contributed by atoms with van der Waals surface area (Å²) in [7, 11) is 0. The zero-order valence-corrected chi connectivity index (χ0v) is 13.8. The van der Waals surface area contributed by atoms with E-state index in [4.69, 9.17) is 0 Å². The first-order valence-electron chi connectivity index (χ1n) is 7.58. The molecule has 0 radical (unpaired) electrons. The van der Waals surface area contributed by atoms with Gasteiger partial charge in [-0.05, 0) is 37.1 Å². The molecular weight excluding hydrogens is 329 g/mol. The second-order valence-electron chi connectivity index (χ2n) is 5.61. The molecule has 0 bridgehead atoms. The van der Waals surface area contributed by atoms with Crippen molar-refractivity contribution in [2.75, 3.05) is 19.6 Å². The minimum Gasteiger partial charge on any atom is -0.338 e. The molecule has 1 aliphatic heterocycles. The summed E-state index contributed by atoms with van der Waals surface area (Å²) < 4.78 is 37.6. The van der Waals surface area contributed by atoms with Crippen LogP contribution >= 0.6 is 12.4 Å². The fourth-order valence-electron chi connectivity index (χ4n) is 2.74. The van der Waals surface area contributed by atoms with Crippen molar-refractivity contribution in [3.63, 3.8) is 0 Å². The quantitative estimate of drug-likeness (QED) is 0.884. The van der Waals surface area contributed by atoms with E-state index in [-0.39, 0.29) is 30.8 Å².